The number of ether oxygens (including phenoxy) is 1. The Hall–Kier alpha value is -1.26. The highest BCUT2D eigenvalue weighted by atomic mass is 16.5. The first-order valence-electron chi connectivity index (χ1n) is 7.68. The summed E-state index contributed by atoms with van der Waals surface area (Å²) in [4.78, 5) is 5.14. The van der Waals surface area contributed by atoms with Crippen molar-refractivity contribution in [3.63, 3.8) is 0 Å². The molecule has 0 spiro atoms. The van der Waals surface area contributed by atoms with Crippen LogP contribution >= 0.6 is 0 Å². The highest BCUT2D eigenvalue weighted by Gasteiger charge is 2.30. The largest absolute Gasteiger partial charge is 0.497 e. The van der Waals surface area contributed by atoms with Crippen molar-refractivity contribution in [2.75, 3.05) is 51.3 Å². The topological polar surface area (TPSA) is 27.7 Å². The van der Waals surface area contributed by atoms with Crippen LogP contribution in [0.4, 0.5) is 5.69 Å². The maximum atomic E-state index is 5.36. The number of piperazine rings is 1. The number of rotatable bonds is 4. The number of methoxy groups -OCH3 is 1. The minimum absolute atomic E-state index is 0.611. The molecule has 2 heterocycles. The van der Waals surface area contributed by atoms with Crippen molar-refractivity contribution in [1.82, 2.24) is 10.2 Å². The zero-order valence-corrected chi connectivity index (χ0v) is 12.6. The molecule has 0 bridgehead atoms. The van der Waals surface area contributed by atoms with Gasteiger partial charge in [0.05, 0.1) is 7.11 Å². The summed E-state index contributed by atoms with van der Waals surface area (Å²) in [5.74, 6) is 0.975. The highest BCUT2D eigenvalue weighted by molar-refractivity contribution is 5.61. The third-order valence-corrected chi connectivity index (χ3v) is 4.51. The van der Waals surface area contributed by atoms with Gasteiger partial charge in [0.25, 0.3) is 0 Å². The van der Waals surface area contributed by atoms with E-state index in [9.17, 15) is 0 Å². The fourth-order valence-corrected chi connectivity index (χ4v) is 3.48. The van der Waals surface area contributed by atoms with Gasteiger partial charge in [-0.3, -0.25) is 4.90 Å². The molecule has 0 radical (unpaired) electrons. The van der Waals surface area contributed by atoms with Gasteiger partial charge < -0.3 is 15.0 Å². The van der Waals surface area contributed by atoms with E-state index in [0.717, 1.165) is 31.8 Å². The monoisotopic (exact) mass is 275 g/mol. The lowest BCUT2D eigenvalue weighted by Crippen LogP contribution is -2.49. The number of anilines is 1. The zero-order valence-electron chi connectivity index (χ0n) is 12.6. The molecule has 1 aromatic rings. The van der Waals surface area contributed by atoms with Gasteiger partial charge in [-0.05, 0) is 37.1 Å². The summed E-state index contributed by atoms with van der Waals surface area (Å²) in [6, 6.07) is 7.11. The van der Waals surface area contributed by atoms with Gasteiger partial charge in [0, 0.05) is 51.0 Å². The third-order valence-electron chi connectivity index (χ3n) is 4.51. The quantitative estimate of drug-likeness (QED) is 0.898. The Kier molecular flexibility index (Phi) is 4.13. The van der Waals surface area contributed by atoms with Gasteiger partial charge in [0.2, 0.25) is 0 Å². The number of hydrogen-bond donors (Lipinski definition) is 1. The summed E-state index contributed by atoms with van der Waals surface area (Å²) < 4.78 is 5.36. The predicted molar refractivity (Wildman–Crippen MR) is 82.8 cm³/mol. The summed E-state index contributed by atoms with van der Waals surface area (Å²) in [6.07, 6.45) is 1.14. The van der Waals surface area contributed by atoms with Crippen molar-refractivity contribution in [3.05, 3.63) is 23.8 Å². The number of hydrogen-bond acceptors (Lipinski definition) is 4. The van der Waals surface area contributed by atoms with E-state index in [1.54, 1.807) is 7.11 Å². The molecule has 0 saturated carbocycles. The number of nitrogens with zero attached hydrogens (tertiary/aromatic N) is 2. The van der Waals surface area contributed by atoms with E-state index in [1.165, 1.54) is 30.9 Å². The molecule has 1 unspecified atom stereocenters. The van der Waals surface area contributed by atoms with Crippen LogP contribution < -0.4 is 15.0 Å². The average Bonchev–Trinajstić information content (AvgIpc) is 2.84. The van der Waals surface area contributed by atoms with E-state index < -0.39 is 0 Å². The summed E-state index contributed by atoms with van der Waals surface area (Å²) in [5.41, 5.74) is 2.83. The molecule has 2 aliphatic heterocycles. The Balaban J connectivity index is 1.73. The van der Waals surface area contributed by atoms with Crippen LogP contribution in [0.3, 0.4) is 0 Å². The van der Waals surface area contributed by atoms with E-state index in [2.05, 4.69) is 40.2 Å². The fraction of sp³-hybridized carbons (Fsp3) is 0.625. The first kappa shape index (κ1) is 13.7. The van der Waals surface area contributed by atoms with E-state index in [-0.39, 0.29) is 0 Å². The third kappa shape index (κ3) is 2.63. The van der Waals surface area contributed by atoms with Crippen molar-refractivity contribution < 1.29 is 4.74 Å². The Morgan fingerprint density at radius 1 is 1.30 bits per heavy atom. The van der Waals surface area contributed by atoms with E-state index >= 15 is 0 Å². The van der Waals surface area contributed by atoms with Crippen LogP contribution in [0.1, 0.15) is 12.5 Å². The van der Waals surface area contributed by atoms with Crippen molar-refractivity contribution in [1.29, 1.82) is 0 Å². The molecule has 4 nitrogen and oxygen atoms in total. The van der Waals surface area contributed by atoms with Crippen LogP contribution in [0, 0.1) is 0 Å². The summed E-state index contributed by atoms with van der Waals surface area (Å²) in [7, 11) is 1.74. The summed E-state index contributed by atoms with van der Waals surface area (Å²) in [5, 5.41) is 3.43. The molecular formula is C16H25N3O. The Bertz CT molecular complexity index is 457. The molecule has 0 amide bonds. The normalized spacial score (nSPS) is 22.9. The lowest BCUT2D eigenvalue weighted by atomic mass is 10.1. The predicted octanol–water partition coefficient (Wildman–Crippen LogP) is 1.35. The first-order valence-corrected chi connectivity index (χ1v) is 7.68. The molecule has 4 heteroatoms. The average molecular weight is 275 g/mol. The molecule has 1 N–H and O–H groups in total. The van der Waals surface area contributed by atoms with Crippen LogP contribution in [-0.2, 0) is 6.42 Å². The van der Waals surface area contributed by atoms with Gasteiger partial charge in [0.1, 0.15) is 5.75 Å². The van der Waals surface area contributed by atoms with Crippen LogP contribution in [0.25, 0.3) is 0 Å². The van der Waals surface area contributed by atoms with Crippen molar-refractivity contribution >= 4 is 5.69 Å². The summed E-state index contributed by atoms with van der Waals surface area (Å²) in [6.45, 7) is 9.10. The second kappa shape index (κ2) is 6.02. The van der Waals surface area contributed by atoms with Crippen LogP contribution in [0.2, 0.25) is 0 Å². The number of benzene rings is 1. The zero-order chi connectivity index (χ0) is 13.9. The van der Waals surface area contributed by atoms with Crippen LogP contribution in [0.5, 0.6) is 5.75 Å². The van der Waals surface area contributed by atoms with Gasteiger partial charge in [-0.2, -0.15) is 0 Å². The van der Waals surface area contributed by atoms with Crippen LogP contribution in [-0.4, -0.2) is 57.3 Å². The minimum Gasteiger partial charge on any atom is -0.497 e. The second-order valence-electron chi connectivity index (χ2n) is 5.69. The van der Waals surface area contributed by atoms with Gasteiger partial charge in [-0.15, -0.1) is 0 Å². The molecule has 0 aliphatic carbocycles. The molecule has 1 aromatic carbocycles. The van der Waals surface area contributed by atoms with Gasteiger partial charge in [-0.1, -0.05) is 0 Å². The van der Waals surface area contributed by atoms with E-state index in [1.807, 2.05) is 0 Å². The number of nitrogens with one attached hydrogen (secondary N) is 1. The number of fused-ring (bicyclic) bond motifs is 1. The summed E-state index contributed by atoms with van der Waals surface area (Å²) >= 11 is 0. The number of likely N-dealkylation sites (N-methyl/N-ethyl adjacent to an activating group) is 1. The van der Waals surface area contributed by atoms with Gasteiger partial charge >= 0.3 is 0 Å². The second-order valence-corrected chi connectivity index (χ2v) is 5.69. The van der Waals surface area contributed by atoms with E-state index in [0.29, 0.717) is 6.04 Å². The molecule has 2 aliphatic rings. The molecule has 1 atom stereocenters. The van der Waals surface area contributed by atoms with Crippen LogP contribution in [0.15, 0.2) is 18.2 Å². The Morgan fingerprint density at radius 3 is 2.80 bits per heavy atom. The van der Waals surface area contributed by atoms with Gasteiger partial charge in [-0.25, -0.2) is 0 Å². The van der Waals surface area contributed by atoms with Crippen molar-refractivity contribution in [2.24, 2.45) is 0 Å². The van der Waals surface area contributed by atoms with Gasteiger partial charge in [0.15, 0.2) is 0 Å². The smallest absolute Gasteiger partial charge is 0.119 e. The molecule has 20 heavy (non-hydrogen) atoms. The maximum absolute atomic E-state index is 5.36. The standard InChI is InChI=1S/C16H25N3O/c1-3-19-14(12-18-8-6-17-7-9-18)10-13-11-15(20-2)4-5-16(13)19/h4-5,11,14,17H,3,6-10,12H2,1-2H3. The lowest BCUT2D eigenvalue weighted by molar-refractivity contribution is 0.226. The molecule has 0 aromatic heterocycles. The molecular weight excluding hydrogens is 250 g/mol. The molecule has 1 saturated heterocycles. The highest BCUT2D eigenvalue weighted by Crippen LogP contribution is 2.34. The molecule has 3 rings (SSSR count). The van der Waals surface area contributed by atoms with Crippen molar-refractivity contribution in [3.8, 4) is 5.75 Å². The Labute approximate surface area is 121 Å². The lowest BCUT2D eigenvalue weighted by Gasteiger charge is -2.34. The van der Waals surface area contributed by atoms with E-state index in [4.69, 9.17) is 4.74 Å². The van der Waals surface area contributed by atoms with Crippen molar-refractivity contribution in [2.45, 2.75) is 19.4 Å². The SMILES string of the molecule is CCN1c2ccc(OC)cc2CC1CN1CCNCC1. The fourth-order valence-electron chi connectivity index (χ4n) is 3.48. The maximum Gasteiger partial charge on any atom is 0.119 e. The molecule has 1 fully saturated rings. The minimum atomic E-state index is 0.611. The molecule has 110 valence electrons. The first-order chi connectivity index (χ1) is 9.81. The Morgan fingerprint density at radius 2 is 2.10 bits per heavy atom.